The molecule has 0 spiro atoms. The molecule has 0 bridgehead atoms. The molecule has 0 saturated heterocycles. The van der Waals surface area contributed by atoms with E-state index in [1.54, 1.807) is 18.4 Å². The van der Waals surface area contributed by atoms with Crippen molar-refractivity contribution in [3.8, 4) is 5.75 Å². The van der Waals surface area contributed by atoms with E-state index in [1.165, 1.54) is 22.7 Å². The molecular weight excluding hydrogens is 782 g/mol. The number of halogens is 3. The summed E-state index contributed by atoms with van der Waals surface area (Å²) in [7, 11) is 0. The van der Waals surface area contributed by atoms with Crippen LogP contribution in [0.3, 0.4) is 0 Å². The Labute approximate surface area is 264 Å². The van der Waals surface area contributed by atoms with Crippen molar-refractivity contribution in [3.63, 3.8) is 0 Å². The molecule has 0 saturated carbocycles. The van der Waals surface area contributed by atoms with Crippen LogP contribution >= 0.6 is 79.5 Å². The molecular formula is C28H21ClI2N2O4S2. The van der Waals surface area contributed by atoms with Gasteiger partial charge in [0.05, 0.1) is 29.5 Å². The van der Waals surface area contributed by atoms with Crippen molar-refractivity contribution in [2.45, 2.75) is 26.5 Å². The zero-order chi connectivity index (χ0) is 27.7. The van der Waals surface area contributed by atoms with E-state index in [2.05, 4.69) is 50.2 Å². The van der Waals surface area contributed by atoms with Crippen molar-refractivity contribution >= 4 is 91.5 Å². The summed E-state index contributed by atoms with van der Waals surface area (Å²) in [4.78, 5) is 32.7. The molecule has 0 amide bonds. The number of aromatic nitrogens is 1. The number of allylic oxidation sites excluding steroid dienone is 1. The second-order valence-corrected chi connectivity index (χ2v) is 13.3. The molecule has 0 radical (unpaired) electrons. The van der Waals surface area contributed by atoms with Crippen LogP contribution in [0.25, 0.3) is 6.08 Å². The molecule has 0 unspecified atom stereocenters. The lowest BCUT2D eigenvalue weighted by Gasteiger charge is -2.23. The van der Waals surface area contributed by atoms with Gasteiger partial charge in [0.1, 0.15) is 18.4 Å². The van der Waals surface area contributed by atoms with Crippen LogP contribution in [0.5, 0.6) is 5.75 Å². The highest BCUT2D eigenvalue weighted by atomic mass is 127. The minimum atomic E-state index is -0.579. The Hall–Kier alpha value is -2.00. The molecule has 1 aliphatic heterocycles. The lowest BCUT2D eigenvalue weighted by atomic mass is 10.0. The van der Waals surface area contributed by atoms with Crippen molar-refractivity contribution in [2.24, 2.45) is 4.99 Å². The summed E-state index contributed by atoms with van der Waals surface area (Å²) in [5.41, 5.74) is 2.61. The summed E-state index contributed by atoms with van der Waals surface area (Å²) in [6.45, 7) is 4.19. The number of thiazole rings is 1. The van der Waals surface area contributed by atoms with Gasteiger partial charge in [-0.1, -0.05) is 41.1 Å². The van der Waals surface area contributed by atoms with Gasteiger partial charge in [-0.3, -0.25) is 9.36 Å². The molecule has 39 heavy (non-hydrogen) atoms. The van der Waals surface area contributed by atoms with Gasteiger partial charge >= 0.3 is 5.97 Å². The Bertz CT molecular complexity index is 1750. The maximum Gasteiger partial charge on any atom is 0.338 e. The maximum absolute atomic E-state index is 13.8. The van der Waals surface area contributed by atoms with Crippen LogP contribution in [0.4, 0.5) is 0 Å². The number of hydrogen-bond acceptors (Lipinski definition) is 7. The average Bonchev–Trinajstić information content (AvgIpc) is 3.51. The first kappa shape index (κ1) is 28.5. The number of nitrogens with zero attached hydrogens (tertiary/aromatic N) is 2. The Balaban J connectivity index is 1.53. The van der Waals surface area contributed by atoms with Gasteiger partial charge in [0.15, 0.2) is 4.80 Å². The first-order chi connectivity index (χ1) is 18.8. The Morgan fingerprint density at radius 2 is 1.95 bits per heavy atom. The zero-order valence-corrected chi connectivity index (χ0v) is 27.4. The molecule has 2 aromatic carbocycles. The quantitative estimate of drug-likeness (QED) is 0.163. The summed E-state index contributed by atoms with van der Waals surface area (Å²) < 4.78 is 15.5. The number of thiophene rings is 1. The summed E-state index contributed by atoms with van der Waals surface area (Å²) in [5.74, 6) is 0.325. The predicted octanol–water partition coefficient (Wildman–Crippen LogP) is 6.30. The van der Waals surface area contributed by atoms with Gasteiger partial charge in [0, 0.05) is 9.90 Å². The summed E-state index contributed by atoms with van der Waals surface area (Å²) in [5, 5.41) is 2.60. The first-order valence-corrected chi connectivity index (χ1v) is 16.1. The number of esters is 1. The van der Waals surface area contributed by atoms with Gasteiger partial charge in [0.2, 0.25) is 0 Å². The second-order valence-electron chi connectivity index (χ2n) is 8.55. The normalized spacial score (nSPS) is 15.2. The van der Waals surface area contributed by atoms with E-state index in [9.17, 15) is 9.59 Å². The van der Waals surface area contributed by atoms with Crippen LogP contribution in [-0.4, -0.2) is 17.1 Å². The fraction of sp³-hybridized carbons (Fsp3) is 0.179. The standard InChI is InChI=1S/C28H21ClI2N2O4S2/c1-3-36-27(35)23-15(2)32-28-33(24(23)21-8-5-9-38-21)26(34)22(39-28)13-17-11-19(30)25(20(31)12-17)37-14-16-6-4-7-18(29)10-16/h4-13,24H,3,14H2,1-2H3/b22-13-/t24-/m0/s1. The van der Waals surface area contributed by atoms with Crippen molar-refractivity contribution in [3.05, 3.63) is 113 Å². The molecule has 11 heteroatoms. The topological polar surface area (TPSA) is 69.9 Å². The Morgan fingerprint density at radius 1 is 1.18 bits per heavy atom. The largest absolute Gasteiger partial charge is 0.487 e. The average molecular weight is 803 g/mol. The van der Waals surface area contributed by atoms with Gasteiger partial charge in [-0.15, -0.1) is 11.3 Å². The fourth-order valence-electron chi connectivity index (χ4n) is 4.24. The number of carbonyl (C=O) groups excluding carboxylic acids is 1. The number of hydrogen-bond donors (Lipinski definition) is 0. The first-order valence-electron chi connectivity index (χ1n) is 11.9. The van der Waals surface area contributed by atoms with Crippen molar-refractivity contribution in [2.75, 3.05) is 6.61 Å². The fourth-order valence-corrected chi connectivity index (χ4v) is 8.45. The van der Waals surface area contributed by atoms with Gasteiger partial charge in [-0.05, 0) is 112 Å². The molecule has 200 valence electrons. The molecule has 4 aromatic rings. The van der Waals surface area contributed by atoms with E-state index < -0.39 is 12.0 Å². The summed E-state index contributed by atoms with van der Waals surface area (Å²) in [6, 6.07) is 14.8. The molecule has 1 atom stereocenters. The smallest absolute Gasteiger partial charge is 0.338 e. The monoisotopic (exact) mass is 802 g/mol. The Kier molecular flexibility index (Phi) is 8.96. The molecule has 0 N–H and O–H groups in total. The van der Waals surface area contributed by atoms with Crippen LogP contribution in [0.2, 0.25) is 5.02 Å². The predicted molar refractivity (Wildman–Crippen MR) is 172 cm³/mol. The van der Waals surface area contributed by atoms with Gasteiger partial charge in [-0.25, -0.2) is 9.79 Å². The lowest BCUT2D eigenvalue weighted by molar-refractivity contribution is -0.139. The molecule has 0 fully saturated rings. The number of fused-ring (bicyclic) bond motifs is 1. The van der Waals surface area contributed by atoms with E-state index in [-0.39, 0.29) is 12.2 Å². The molecule has 0 aliphatic carbocycles. The zero-order valence-electron chi connectivity index (χ0n) is 20.7. The van der Waals surface area contributed by atoms with Crippen LogP contribution < -0.4 is 19.6 Å². The second kappa shape index (κ2) is 12.2. The van der Waals surface area contributed by atoms with Crippen molar-refractivity contribution < 1.29 is 14.3 Å². The highest BCUT2D eigenvalue weighted by Crippen LogP contribution is 2.33. The molecule has 1 aliphatic rings. The molecule has 5 rings (SSSR count). The van der Waals surface area contributed by atoms with Gasteiger partial charge < -0.3 is 9.47 Å². The highest BCUT2D eigenvalue weighted by Gasteiger charge is 2.33. The van der Waals surface area contributed by atoms with Crippen LogP contribution in [-0.2, 0) is 16.1 Å². The van der Waals surface area contributed by atoms with E-state index >= 15 is 0 Å². The van der Waals surface area contributed by atoms with E-state index in [4.69, 9.17) is 21.1 Å². The van der Waals surface area contributed by atoms with Gasteiger partial charge in [-0.2, -0.15) is 0 Å². The third-order valence-electron chi connectivity index (χ3n) is 5.92. The number of rotatable bonds is 7. The van der Waals surface area contributed by atoms with E-state index in [0.29, 0.717) is 32.2 Å². The van der Waals surface area contributed by atoms with Crippen LogP contribution in [0.15, 0.2) is 75.0 Å². The van der Waals surface area contributed by atoms with E-state index in [0.717, 1.165) is 28.9 Å². The highest BCUT2D eigenvalue weighted by molar-refractivity contribution is 14.1. The molecule has 6 nitrogen and oxygen atoms in total. The Morgan fingerprint density at radius 3 is 2.62 bits per heavy atom. The third-order valence-corrected chi connectivity index (χ3v) is 9.67. The lowest BCUT2D eigenvalue weighted by Crippen LogP contribution is -2.39. The minimum Gasteiger partial charge on any atom is -0.487 e. The van der Waals surface area contributed by atoms with Crippen LogP contribution in [0.1, 0.15) is 35.9 Å². The number of benzene rings is 2. The summed E-state index contributed by atoms with van der Waals surface area (Å²) >= 11 is 13.4. The third kappa shape index (κ3) is 6.04. The number of carbonyl (C=O) groups is 1. The van der Waals surface area contributed by atoms with Crippen molar-refractivity contribution in [1.82, 2.24) is 4.57 Å². The van der Waals surface area contributed by atoms with Crippen LogP contribution in [0, 0.1) is 7.14 Å². The summed E-state index contributed by atoms with van der Waals surface area (Å²) in [6.07, 6.45) is 1.86. The SMILES string of the molecule is CCOC(=O)C1=C(C)N=c2s/c(=C\c3cc(I)c(OCc4cccc(Cl)c4)c(I)c3)c(=O)n2[C@H]1c1cccs1. The van der Waals surface area contributed by atoms with Crippen molar-refractivity contribution in [1.29, 1.82) is 0 Å². The minimum absolute atomic E-state index is 0.197. The maximum atomic E-state index is 13.8. The number of ether oxygens (including phenoxy) is 2. The molecule has 2 aromatic heterocycles. The van der Waals surface area contributed by atoms with E-state index in [1.807, 2.05) is 60.0 Å². The van der Waals surface area contributed by atoms with Gasteiger partial charge in [0.25, 0.3) is 5.56 Å². The molecule has 3 heterocycles.